The third-order valence-electron chi connectivity index (χ3n) is 7.16. The molecule has 3 aromatic rings. The van der Waals surface area contributed by atoms with Crippen molar-refractivity contribution in [1.29, 1.82) is 0 Å². The predicted octanol–water partition coefficient (Wildman–Crippen LogP) is 5.09. The lowest BCUT2D eigenvalue weighted by molar-refractivity contribution is -0.122. The van der Waals surface area contributed by atoms with Gasteiger partial charge in [-0.3, -0.25) is 14.5 Å². The first-order valence-electron chi connectivity index (χ1n) is 13.2. The second-order valence-corrected chi connectivity index (χ2v) is 11.6. The summed E-state index contributed by atoms with van der Waals surface area (Å²) in [5.74, 6) is 0.629. The van der Waals surface area contributed by atoms with Gasteiger partial charge in [-0.2, -0.15) is 0 Å². The van der Waals surface area contributed by atoms with Crippen molar-refractivity contribution >= 4 is 56.9 Å². The quantitative estimate of drug-likeness (QED) is 0.293. The largest absolute Gasteiger partial charge is 0.497 e. The molecule has 1 aromatic heterocycles. The van der Waals surface area contributed by atoms with E-state index in [2.05, 4.69) is 11.0 Å². The van der Waals surface area contributed by atoms with Gasteiger partial charge in [-0.1, -0.05) is 54.3 Å². The van der Waals surface area contributed by atoms with Crippen LogP contribution in [0, 0.1) is 0 Å². The van der Waals surface area contributed by atoms with Crippen LogP contribution in [-0.4, -0.2) is 58.6 Å². The minimum absolute atomic E-state index is 0.0186. The van der Waals surface area contributed by atoms with Crippen LogP contribution in [0.1, 0.15) is 31.9 Å². The number of aromatic nitrogens is 1. The molecular weight excluding hydrogens is 530 g/mol. The molecule has 0 aliphatic carbocycles. The fourth-order valence-corrected chi connectivity index (χ4v) is 6.70. The smallest absolute Gasteiger partial charge is 0.266 e. The maximum Gasteiger partial charge on any atom is 0.266 e. The molecule has 0 radical (unpaired) electrons. The van der Waals surface area contributed by atoms with Crippen LogP contribution in [0.15, 0.2) is 58.2 Å². The van der Waals surface area contributed by atoms with E-state index in [4.69, 9.17) is 21.7 Å². The Balaban J connectivity index is 1.53. The lowest BCUT2D eigenvalue weighted by Gasteiger charge is -2.38. The van der Waals surface area contributed by atoms with E-state index in [0.717, 1.165) is 27.9 Å². The van der Waals surface area contributed by atoms with Crippen molar-refractivity contribution in [2.24, 2.45) is 0 Å². The highest BCUT2D eigenvalue weighted by Gasteiger charge is 2.33. The zero-order chi connectivity index (χ0) is 27.7. The molecule has 5 rings (SSSR count). The number of morpholine rings is 1. The number of amides is 1. The predicted molar refractivity (Wildman–Crippen MR) is 163 cm³/mol. The van der Waals surface area contributed by atoms with Crippen molar-refractivity contribution in [3.63, 3.8) is 0 Å². The van der Waals surface area contributed by atoms with Crippen LogP contribution < -0.4 is 15.2 Å². The minimum Gasteiger partial charge on any atom is -0.497 e. The van der Waals surface area contributed by atoms with Crippen molar-refractivity contribution in [2.75, 3.05) is 31.6 Å². The molecule has 204 valence electrons. The second kappa shape index (κ2) is 11.5. The number of nitrogens with zero attached hydrogens (tertiary/aromatic N) is 3. The number of thiocarbonyl (C=S) groups is 1. The van der Waals surface area contributed by atoms with Crippen molar-refractivity contribution in [3.05, 3.63) is 74.9 Å². The van der Waals surface area contributed by atoms with Gasteiger partial charge in [0.1, 0.15) is 10.1 Å². The van der Waals surface area contributed by atoms with Gasteiger partial charge in [0.2, 0.25) is 0 Å². The lowest BCUT2D eigenvalue weighted by atomic mass is 10.0. The van der Waals surface area contributed by atoms with Gasteiger partial charge in [0.15, 0.2) is 0 Å². The molecule has 0 spiro atoms. The maximum absolute atomic E-state index is 13.9. The van der Waals surface area contributed by atoms with Gasteiger partial charge in [0.25, 0.3) is 11.5 Å². The van der Waals surface area contributed by atoms with E-state index in [9.17, 15) is 9.59 Å². The summed E-state index contributed by atoms with van der Waals surface area (Å²) in [6, 6.07) is 15.8. The number of carbonyl (C=O) groups is 1. The lowest BCUT2D eigenvalue weighted by Crippen LogP contribution is -2.46. The number of ether oxygens (including phenoxy) is 2. The molecule has 2 atom stereocenters. The Morgan fingerprint density at radius 3 is 2.44 bits per heavy atom. The van der Waals surface area contributed by atoms with E-state index in [1.807, 2.05) is 63.2 Å². The highest BCUT2D eigenvalue weighted by Crippen LogP contribution is 2.37. The number of rotatable bonds is 7. The number of thioether (sulfide) groups is 1. The monoisotopic (exact) mass is 563 g/mol. The average Bonchev–Trinajstić information content (AvgIpc) is 3.19. The Hall–Kier alpha value is -3.14. The molecule has 0 saturated carbocycles. The summed E-state index contributed by atoms with van der Waals surface area (Å²) < 4.78 is 13.5. The number of pyridine rings is 1. The summed E-state index contributed by atoms with van der Waals surface area (Å²) >= 11 is 6.87. The molecule has 39 heavy (non-hydrogen) atoms. The van der Waals surface area contributed by atoms with E-state index in [1.165, 1.54) is 11.8 Å². The van der Waals surface area contributed by atoms with Crippen molar-refractivity contribution in [3.8, 4) is 5.75 Å². The molecule has 2 saturated heterocycles. The molecular formula is C30H33N3O4S2. The summed E-state index contributed by atoms with van der Waals surface area (Å²) in [6.45, 7) is 8.38. The van der Waals surface area contributed by atoms with E-state index in [0.29, 0.717) is 47.4 Å². The number of fused-ring (bicyclic) bond motifs is 1. The summed E-state index contributed by atoms with van der Waals surface area (Å²) in [6.07, 6.45) is 2.46. The summed E-state index contributed by atoms with van der Waals surface area (Å²) in [5, 5.41) is 0.987. The average molecular weight is 564 g/mol. The number of hydrogen-bond acceptors (Lipinski definition) is 7. The van der Waals surface area contributed by atoms with E-state index < -0.39 is 0 Å². The number of methoxy groups -OCH3 is 1. The van der Waals surface area contributed by atoms with Gasteiger partial charge in [0.05, 0.1) is 41.0 Å². The molecule has 0 bridgehead atoms. The molecule has 1 amide bonds. The Labute approximate surface area is 238 Å². The third-order valence-corrected chi connectivity index (χ3v) is 8.54. The molecule has 3 heterocycles. The zero-order valence-corrected chi connectivity index (χ0v) is 24.3. The molecule has 2 aliphatic heterocycles. The number of carbonyl (C=O) groups excluding carboxylic acids is 1. The van der Waals surface area contributed by atoms with E-state index in [1.54, 1.807) is 22.7 Å². The van der Waals surface area contributed by atoms with Crippen LogP contribution >= 0.6 is 24.0 Å². The van der Waals surface area contributed by atoms with Gasteiger partial charge < -0.3 is 18.9 Å². The van der Waals surface area contributed by atoms with Crippen LogP contribution in [0.2, 0.25) is 0 Å². The highest BCUT2D eigenvalue weighted by atomic mass is 32.2. The maximum atomic E-state index is 13.9. The number of hydrogen-bond donors (Lipinski definition) is 0. The van der Waals surface area contributed by atoms with Crippen LogP contribution in [-0.2, 0) is 22.5 Å². The molecule has 2 fully saturated rings. The van der Waals surface area contributed by atoms with Crippen LogP contribution in [0.4, 0.5) is 5.69 Å². The van der Waals surface area contributed by atoms with Crippen LogP contribution in [0.3, 0.4) is 0 Å². The fourth-order valence-electron chi connectivity index (χ4n) is 5.41. The first-order valence-corrected chi connectivity index (χ1v) is 14.5. The van der Waals surface area contributed by atoms with Crippen LogP contribution in [0.25, 0.3) is 17.0 Å². The van der Waals surface area contributed by atoms with Crippen molar-refractivity contribution < 1.29 is 14.3 Å². The molecule has 7 nitrogen and oxygen atoms in total. The van der Waals surface area contributed by atoms with Crippen LogP contribution in [0.5, 0.6) is 5.75 Å². The Bertz CT molecular complexity index is 1490. The number of para-hydroxylation sites is 1. The Morgan fingerprint density at radius 2 is 1.77 bits per heavy atom. The standard InChI is InChI=1S/C30H33N3O4S2/c1-5-32-25-9-7-6-8-23(25)27(31-17-19(2)37-20(3)18-31)24(28(32)34)16-26-29(35)33(30(38)39-26)15-14-21-10-12-22(36-4)13-11-21/h6-13,16,19-20H,5,14-15,17-18H2,1-4H3. The van der Waals surface area contributed by atoms with Gasteiger partial charge in [-0.15, -0.1) is 0 Å². The first-order chi connectivity index (χ1) is 18.8. The van der Waals surface area contributed by atoms with E-state index >= 15 is 0 Å². The summed E-state index contributed by atoms with van der Waals surface area (Å²) in [7, 11) is 1.64. The highest BCUT2D eigenvalue weighted by molar-refractivity contribution is 8.26. The topological polar surface area (TPSA) is 64.0 Å². The Kier molecular flexibility index (Phi) is 8.11. The normalized spacial score (nSPS) is 20.9. The Morgan fingerprint density at radius 1 is 1.08 bits per heavy atom. The molecule has 2 unspecified atom stereocenters. The van der Waals surface area contributed by atoms with Gasteiger partial charge in [-0.05, 0) is 57.0 Å². The number of aryl methyl sites for hydroxylation is 1. The SMILES string of the molecule is CCn1c(=O)c(C=C2SC(=S)N(CCc3ccc(OC)cc3)C2=O)c(N2CC(C)OC(C)C2)c2ccccc21. The minimum atomic E-state index is -0.163. The fraction of sp³-hybridized carbons (Fsp3) is 0.367. The van der Waals surface area contributed by atoms with E-state index in [-0.39, 0.29) is 23.7 Å². The number of anilines is 1. The second-order valence-electron chi connectivity index (χ2n) is 9.92. The summed E-state index contributed by atoms with van der Waals surface area (Å²) in [5.41, 5.74) is 3.24. The molecule has 9 heteroatoms. The van der Waals surface area contributed by atoms with Crippen molar-refractivity contribution in [2.45, 2.75) is 45.9 Å². The van der Waals surface area contributed by atoms with Gasteiger partial charge in [0, 0.05) is 31.6 Å². The third kappa shape index (κ3) is 5.48. The first kappa shape index (κ1) is 27.4. The molecule has 2 aromatic carbocycles. The summed E-state index contributed by atoms with van der Waals surface area (Å²) in [4.78, 5) is 31.8. The van der Waals surface area contributed by atoms with Gasteiger partial charge >= 0.3 is 0 Å². The zero-order valence-electron chi connectivity index (χ0n) is 22.7. The van der Waals surface area contributed by atoms with Crippen molar-refractivity contribution in [1.82, 2.24) is 9.47 Å². The van der Waals surface area contributed by atoms with Gasteiger partial charge in [-0.25, -0.2) is 0 Å². The number of benzene rings is 2. The molecule has 2 aliphatic rings. The molecule has 0 N–H and O–H groups in total.